The second-order valence-corrected chi connectivity index (χ2v) is 5.16. The van der Waals surface area contributed by atoms with Crippen LogP contribution in [0.2, 0.25) is 0 Å². The van der Waals surface area contributed by atoms with E-state index in [2.05, 4.69) is 22.0 Å². The highest BCUT2D eigenvalue weighted by Gasteiger charge is 2.10. The van der Waals surface area contributed by atoms with Crippen LogP contribution in [0.5, 0.6) is 0 Å². The largest absolute Gasteiger partial charge is 0.324 e. The third kappa shape index (κ3) is 2.92. The van der Waals surface area contributed by atoms with Crippen molar-refractivity contribution in [3.05, 3.63) is 45.7 Å². The van der Waals surface area contributed by atoms with Crippen molar-refractivity contribution < 1.29 is 4.39 Å². The first kappa shape index (κ1) is 11.8. The lowest BCUT2D eigenvalue weighted by Gasteiger charge is -2.17. The maximum Gasteiger partial charge on any atom is 0.137 e. The van der Waals surface area contributed by atoms with Crippen LogP contribution in [0.25, 0.3) is 0 Å². The average molecular weight is 284 g/mol. The van der Waals surface area contributed by atoms with E-state index in [1.165, 1.54) is 11.6 Å². The summed E-state index contributed by atoms with van der Waals surface area (Å²) < 4.78 is 13.6. The van der Waals surface area contributed by atoms with Crippen LogP contribution in [0, 0.1) is 5.82 Å². The van der Waals surface area contributed by atoms with Gasteiger partial charge in [0.15, 0.2) is 0 Å². The Bertz CT molecular complexity index is 414. The van der Waals surface area contributed by atoms with E-state index in [0.717, 1.165) is 31.2 Å². The molecular weight excluding hydrogens is 269 g/mol. The molecule has 1 atom stereocenters. The first-order valence-electron chi connectivity index (χ1n) is 5.54. The number of rotatable bonds is 2. The van der Waals surface area contributed by atoms with E-state index >= 15 is 0 Å². The normalized spacial score (nSPS) is 20.7. The zero-order valence-electron chi connectivity index (χ0n) is 9.05. The molecule has 1 aliphatic rings. The van der Waals surface area contributed by atoms with Gasteiger partial charge >= 0.3 is 0 Å². The molecule has 86 valence electrons. The summed E-state index contributed by atoms with van der Waals surface area (Å²) in [7, 11) is 0. The monoisotopic (exact) mass is 283 g/mol. The Morgan fingerprint density at radius 1 is 1.44 bits per heavy atom. The number of nitrogens with two attached hydrogens (primary N) is 1. The van der Waals surface area contributed by atoms with Crippen molar-refractivity contribution in [2.75, 3.05) is 0 Å². The highest BCUT2D eigenvalue weighted by molar-refractivity contribution is 9.10. The molecule has 1 aromatic carbocycles. The first-order chi connectivity index (χ1) is 7.65. The minimum absolute atomic E-state index is 0.202. The van der Waals surface area contributed by atoms with E-state index in [1.54, 1.807) is 0 Å². The van der Waals surface area contributed by atoms with Crippen molar-refractivity contribution in [1.82, 2.24) is 0 Å². The van der Waals surface area contributed by atoms with Crippen LogP contribution in [0.15, 0.2) is 34.3 Å². The van der Waals surface area contributed by atoms with Crippen LogP contribution in [0.3, 0.4) is 0 Å². The standard InChI is InChI=1S/C13H15BrFN/c14-12-8-10(4-5-13(12)15)6-9-2-1-3-11(16)7-9/h4-5,7-8,11H,1-3,6,16H2. The molecule has 0 spiro atoms. The van der Waals surface area contributed by atoms with Crippen LogP contribution >= 0.6 is 15.9 Å². The Morgan fingerprint density at radius 3 is 2.94 bits per heavy atom. The minimum atomic E-state index is -0.210. The van der Waals surface area contributed by atoms with Crippen LogP contribution in [0.4, 0.5) is 4.39 Å². The van der Waals surface area contributed by atoms with E-state index < -0.39 is 0 Å². The van der Waals surface area contributed by atoms with Gasteiger partial charge in [0.25, 0.3) is 0 Å². The third-order valence-electron chi connectivity index (χ3n) is 2.90. The molecule has 1 aromatic rings. The second kappa shape index (κ2) is 5.11. The van der Waals surface area contributed by atoms with Gasteiger partial charge in [-0.25, -0.2) is 4.39 Å². The molecule has 2 N–H and O–H groups in total. The number of allylic oxidation sites excluding steroid dienone is 1. The molecule has 1 unspecified atom stereocenters. The predicted octanol–water partition coefficient (Wildman–Crippen LogP) is 3.57. The summed E-state index contributed by atoms with van der Waals surface area (Å²) in [5, 5.41) is 0. The fourth-order valence-corrected chi connectivity index (χ4v) is 2.52. The zero-order chi connectivity index (χ0) is 11.5. The minimum Gasteiger partial charge on any atom is -0.324 e. The molecule has 1 aliphatic carbocycles. The molecule has 0 saturated carbocycles. The molecule has 0 heterocycles. The summed E-state index contributed by atoms with van der Waals surface area (Å²) in [5.74, 6) is -0.210. The van der Waals surface area contributed by atoms with Gasteiger partial charge in [-0.05, 0) is 59.3 Å². The van der Waals surface area contributed by atoms with Gasteiger partial charge in [0.1, 0.15) is 5.82 Å². The van der Waals surface area contributed by atoms with Crippen LogP contribution < -0.4 is 5.73 Å². The highest BCUT2D eigenvalue weighted by Crippen LogP contribution is 2.23. The molecule has 1 nitrogen and oxygen atoms in total. The maximum atomic E-state index is 13.1. The third-order valence-corrected chi connectivity index (χ3v) is 3.51. The second-order valence-electron chi connectivity index (χ2n) is 4.31. The van der Waals surface area contributed by atoms with E-state index in [4.69, 9.17) is 5.73 Å². The van der Waals surface area contributed by atoms with Crippen molar-refractivity contribution in [2.24, 2.45) is 5.73 Å². The van der Waals surface area contributed by atoms with Gasteiger partial charge in [0, 0.05) is 6.04 Å². The molecule has 0 aromatic heterocycles. The predicted molar refractivity (Wildman–Crippen MR) is 67.7 cm³/mol. The molecular formula is C13H15BrFN. The summed E-state index contributed by atoms with van der Waals surface area (Å²) in [6.07, 6.45) is 6.39. The summed E-state index contributed by atoms with van der Waals surface area (Å²) >= 11 is 3.20. The lowest BCUT2D eigenvalue weighted by atomic mass is 9.92. The Hall–Kier alpha value is -0.670. The Balaban J connectivity index is 2.11. The van der Waals surface area contributed by atoms with Gasteiger partial charge < -0.3 is 5.73 Å². The smallest absolute Gasteiger partial charge is 0.137 e. The van der Waals surface area contributed by atoms with Crippen molar-refractivity contribution in [2.45, 2.75) is 31.7 Å². The fourth-order valence-electron chi connectivity index (χ4n) is 2.09. The van der Waals surface area contributed by atoms with E-state index in [1.807, 2.05) is 12.1 Å². The van der Waals surface area contributed by atoms with Crippen molar-refractivity contribution in [3.8, 4) is 0 Å². The van der Waals surface area contributed by atoms with Crippen molar-refractivity contribution in [3.63, 3.8) is 0 Å². The van der Waals surface area contributed by atoms with E-state index in [9.17, 15) is 4.39 Å². The molecule has 16 heavy (non-hydrogen) atoms. The zero-order valence-corrected chi connectivity index (χ0v) is 10.6. The lowest BCUT2D eigenvalue weighted by Crippen LogP contribution is -2.20. The SMILES string of the molecule is NC1C=C(Cc2ccc(F)c(Br)c2)CCC1. The van der Waals surface area contributed by atoms with Gasteiger partial charge in [0.2, 0.25) is 0 Å². The Labute approximate surface area is 104 Å². The van der Waals surface area contributed by atoms with Gasteiger partial charge in [-0.2, -0.15) is 0 Å². The summed E-state index contributed by atoms with van der Waals surface area (Å²) in [5.41, 5.74) is 8.39. The summed E-state index contributed by atoms with van der Waals surface area (Å²) in [6, 6.07) is 5.38. The van der Waals surface area contributed by atoms with E-state index in [0.29, 0.717) is 4.47 Å². The molecule has 2 rings (SSSR count). The molecule has 0 radical (unpaired) electrons. The number of benzene rings is 1. The first-order valence-corrected chi connectivity index (χ1v) is 6.33. The van der Waals surface area contributed by atoms with E-state index in [-0.39, 0.29) is 11.9 Å². The summed E-state index contributed by atoms with van der Waals surface area (Å²) in [6.45, 7) is 0. The highest BCUT2D eigenvalue weighted by atomic mass is 79.9. The lowest BCUT2D eigenvalue weighted by molar-refractivity contribution is 0.613. The van der Waals surface area contributed by atoms with Gasteiger partial charge in [-0.1, -0.05) is 17.7 Å². The van der Waals surface area contributed by atoms with Crippen LogP contribution in [-0.4, -0.2) is 6.04 Å². The number of hydrogen-bond acceptors (Lipinski definition) is 1. The van der Waals surface area contributed by atoms with Crippen molar-refractivity contribution >= 4 is 15.9 Å². The van der Waals surface area contributed by atoms with Gasteiger partial charge in [-0.3, -0.25) is 0 Å². The molecule has 0 fully saturated rings. The van der Waals surface area contributed by atoms with Crippen LogP contribution in [-0.2, 0) is 6.42 Å². The molecule has 0 amide bonds. The molecule has 0 aliphatic heterocycles. The topological polar surface area (TPSA) is 26.0 Å². The van der Waals surface area contributed by atoms with Crippen LogP contribution in [0.1, 0.15) is 24.8 Å². The molecule has 0 bridgehead atoms. The fraction of sp³-hybridized carbons (Fsp3) is 0.385. The molecule has 3 heteroatoms. The Morgan fingerprint density at radius 2 is 2.25 bits per heavy atom. The number of halogens is 2. The van der Waals surface area contributed by atoms with Crippen molar-refractivity contribution in [1.29, 1.82) is 0 Å². The maximum absolute atomic E-state index is 13.1. The average Bonchev–Trinajstić information content (AvgIpc) is 2.24. The summed E-state index contributed by atoms with van der Waals surface area (Å²) in [4.78, 5) is 0. The molecule has 0 saturated heterocycles. The quantitative estimate of drug-likeness (QED) is 0.825. The van der Waals surface area contributed by atoms with Gasteiger partial charge in [0.05, 0.1) is 4.47 Å². The number of hydrogen-bond donors (Lipinski definition) is 1. The Kier molecular flexibility index (Phi) is 3.77. The van der Waals surface area contributed by atoms with Gasteiger partial charge in [-0.15, -0.1) is 0 Å².